The number of amides is 1. The fraction of sp³-hybridized carbons (Fsp3) is 0.833. The molecule has 6 nitrogen and oxygen atoms in total. The molecule has 1 aliphatic heterocycles. The van der Waals surface area contributed by atoms with E-state index >= 15 is 0 Å². The molecule has 1 amide bonds. The first-order valence-electron chi connectivity index (χ1n) is 6.42. The average Bonchev–Trinajstić information content (AvgIpc) is 2.73. The fourth-order valence-corrected chi connectivity index (χ4v) is 3.85. The maximum absolute atomic E-state index is 11.8. The molecule has 0 saturated carbocycles. The molecule has 1 saturated heterocycles. The SMILES string of the molecule is CC(C)CS(=O)(=O)CCC(=O)N1CCC(C(=O)O)C1.Cl. The van der Waals surface area contributed by atoms with Crippen molar-refractivity contribution in [1.82, 2.24) is 4.90 Å². The zero-order valence-electron chi connectivity index (χ0n) is 11.7. The van der Waals surface area contributed by atoms with Crippen LogP contribution in [0.3, 0.4) is 0 Å². The van der Waals surface area contributed by atoms with Crippen molar-refractivity contribution in [2.75, 3.05) is 24.6 Å². The average molecular weight is 328 g/mol. The molecule has 0 aromatic rings. The Kier molecular flexibility index (Phi) is 7.51. The summed E-state index contributed by atoms with van der Waals surface area (Å²) in [5.41, 5.74) is 0. The summed E-state index contributed by atoms with van der Waals surface area (Å²) in [6.07, 6.45) is 0.390. The zero-order valence-corrected chi connectivity index (χ0v) is 13.4. The normalized spacial score (nSPS) is 18.9. The van der Waals surface area contributed by atoms with E-state index in [0.717, 1.165) is 0 Å². The van der Waals surface area contributed by atoms with Crippen LogP contribution < -0.4 is 0 Å². The predicted molar refractivity (Wildman–Crippen MR) is 77.7 cm³/mol. The molecule has 20 heavy (non-hydrogen) atoms. The molecule has 118 valence electrons. The first-order valence-corrected chi connectivity index (χ1v) is 8.24. The summed E-state index contributed by atoms with van der Waals surface area (Å²) < 4.78 is 23.3. The number of nitrogens with zero attached hydrogens (tertiary/aromatic N) is 1. The van der Waals surface area contributed by atoms with Crippen LogP contribution >= 0.6 is 12.4 Å². The second kappa shape index (κ2) is 7.83. The standard InChI is InChI=1S/C12H21NO5S.ClH/c1-9(2)8-19(17,18)6-4-11(14)13-5-3-10(7-13)12(15)16;/h9-10H,3-8H2,1-2H3,(H,15,16);1H. The molecule has 0 radical (unpaired) electrons. The van der Waals surface area contributed by atoms with E-state index in [-0.39, 0.29) is 48.7 Å². The number of hydrogen-bond acceptors (Lipinski definition) is 4. The van der Waals surface area contributed by atoms with Gasteiger partial charge in [-0.3, -0.25) is 9.59 Å². The molecule has 0 bridgehead atoms. The number of carboxylic acids is 1. The summed E-state index contributed by atoms with van der Waals surface area (Å²) >= 11 is 0. The minimum absolute atomic E-state index is 0. The quantitative estimate of drug-likeness (QED) is 0.779. The van der Waals surface area contributed by atoms with Gasteiger partial charge in [-0.05, 0) is 12.3 Å². The highest BCUT2D eigenvalue weighted by atomic mass is 35.5. The Morgan fingerprint density at radius 2 is 1.95 bits per heavy atom. The molecule has 0 aromatic heterocycles. The van der Waals surface area contributed by atoms with E-state index in [1.165, 1.54) is 4.90 Å². The summed E-state index contributed by atoms with van der Waals surface area (Å²) in [5, 5.41) is 8.84. The van der Waals surface area contributed by atoms with Gasteiger partial charge in [0.15, 0.2) is 9.84 Å². The smallest absolute Gasteiger partial charge is 0.308 e. The van der Waals surface area contributed by atoms with Crippen LogP contribution in [0.1, 0.15) is 26.7 Å². The van der Waals surface area contributed by atoms with Crippen LogP contribution in [0, 0.1) is 11.8 Å². The van der Waals surface area contributed by atoms with Crippen molar-refractivity contribution in [3.8, 4) is 0 Å². The van der Waals surface area contributed by atoms with Gasteiger partial charge < -0.3 is 10.0 Å². The van der Waals surface area contributed by atoms with Crippen molar-refractivity contribution in [1.29, 1.82) is 0 Å². The summed E-state index contributed by atoms with van der Waals surface area (Å²) in [5.74, 6) is -1.71. The van der Waals surface area contributed by atoms with Crippen LogP contribution in [0.4, 0.5) is 0 Å². The lowest BCUT2D eigenvalue weighted by atomic mass is 10.1. The lowest BCUT2D eigenvalue weighted by Gasteiger charge is -2.16. The van der Waals surface area contributed by atoms with Crippen molar-refractivity contribution in [3.05, 3.63) is 0 Å². The van der Waals surface area contributed by atoms with Crippen molar-refractivity contribution in [2.24, 2.45) is 11.8 Å². The first-order chi connectivity index (χ1) is 8.71. The largest absolute Gasteiger partial charge is 0.481 e. The number of rotatable bonds is 6. The molecule has 1 rings (SSSR count). The highest BCUT2D eigenvalue weighted by Crippen LogP contribution is 2.17. The van der Waals surface area contributed by atoms with Crippen LogP contribution in [-0.4, -0.2) is 54.9 Å². The third-order valence-corrected chi connectivity index (χ3v) is 5.11. The highest BCUT2D eigenvalue weighted by Gasteiger charge is 2.31. The van der Waals surface area contributed by atoms with E-state index in [2.05, 4.69) is 0 Å². The number of sulfone groups is 1. The van der Waals surface area contributed by atoms with Crippen molar-refractivity contribution < 1.29 is 23.1 Å². The number of carbonyl (C=O) groups excluding carboxylic acids is 1. The number of halogens is 1. The Labute approximate surface area is 125 Å². The maximum Gasteiger partial charge on any atom is 0.308 e. The molecule has 1 heterocycles. The molecule has 1 N–H and O–H groups in total. The molecule has 1 unspecified atom stereocenters. The van der Waals surface area contributed by atoms with Crippen LogP contribution in [-0.2, 0) is 19.4 Å². The van der Waals surface area contributed by atoms with Gasteiger partial charge >= 0.3 is 5.97 Å². The van der Waals surface area contributed by atoms with Crippen LogP contribution in [0.2, 0.25) is 0 Å². The summed E-state index contributed by atoms with van der Waals surface area (Å²) in [6, 6.07) is 0. The minimum Gasteiger partial charge on any atom is -0.481 e. The highest BCUT2D eigenvalue weighted by molar-refractivity contribution is 7.91. The van der Waals surface area contributed by atoms with Gasteiger partial charge in [-0.2, -0.15) is 0 Å². The second-order valence-electron chi connectivity index (χ2n) is 5.42. The van der Waals surface area contributed by atoms with Gasteiger partial charge in [0, 0.05) is 19.5 Å². The van der Waals surface area contributed by atoms with Gasteiger partial charge in [0.2, 0.25) is 5.91 Å². The fourth-order valence-electron chi connectivity index (χ4n) is 2.18. The first kappa shape index (κ1) is 19.2. The Bertz CT molecular complexity index is 449. The molecule has 0 aromatic carbocycles. The molecule has 1 aliphatic rings. The zero-order chi connectivity index (χ0) is 14.6. The second-order valence-corrected chi connectivity index (χ2v) is 7.65. The van der Waals surface area contributed by atoms with Crippen LogP contribution in [0.25, 0.3) is 0 Å². The number of hydrogen-bond donors (Lipinski definition) is 1. The molecule has 8 heteroatoms. The van der Waals surface area contributed by atoms with Gasteiger partial charge in [0.25, 0.3) is 0 Å². The van der Waals surface area contributed by atoms with E-state index in [1.54, 1.807) is 0 Å². The molecule has 1 atom stereocenters. The van der Waals surface area contributed by atoms with Crippen molar-refractivity contribution in [3.63, 3.8) is 0 Å². The van der Waals surface area contributed by atoms with Crippen LogP contribution in [0.5, 0.6) is 0 Å². The lowest BCUT2D eigenvalue weighted by Crippen LogP contribution is -2.31. The third kappa shape index (κ3) is 6.09. The monoisotopic (exact) mass is 327 g/mol. The third-order valence-electron chi connectivity index (χ3n) is 3.10. The summed E-state index contributed by atoms with van der Waals surface area (Å²) in [7, 11) is -3.20. The number of aliphatic carboxylic acids is 1. The number of likely N-dealkylation sites (tertiary alicyclic amines) is 1. The van der Waals surface area contributed by atoms with Gasteiger partial charge in [0.05, 0.1) is 17.4 Å². The Morgan fingerprint density at radius 3 is 2.40 bits per heavy atom. The molecular formula is C12H22ClNO5S. The van der Waals surface area contributed by atoms with Crippen molar-refractivity contribution >= 4 is 34.1 Å². The lowest BCUT2D eigenvalue weighted by molar-refractivity contribution is -0.141. The molecule has 0 spiro atoms. The van der Waals surface area contributed by atoms with E-state index in [0.29, 0.717) is 13.0 Å². The number of carbonyl (C=O) groups is 2. The topological polar surface area (TPSA) is 91.8 Å². The van der Waals surface area contributed by atoms with E-state index in [9.17, 15) is 18.0 Å². The predicted octanol–water partition coefficient (Wildman–Crippen LogP) is 0.802. The van der Waals surface area contributed by atoms with Crippen molar-refractivity contribution in [2.45, 2.75) is 26.7 Å². The minimum atomic E-state index is -3.20. The molecule has 0 aliphatic carbocycles. The van der Waals surface area contributed by atoms with Gasteiger partial charge in [0.1, 0.15) is 0 Å². The van der Waals surface area contributed by atoms with E-state index in [4.69, 9.17) is 5.11 Å². The van der Waals surface area contributed by atoms with Gasteiger partial charge in [-0.15, -0.1) is 12.4 Å². The van der Waals surface area contributed by atoms with E-state index < -0.39 is 21.7 Å². The molecular weight excluding hydrogens is 306 g/mol. The Balaban J connectivity index is 0.00000361. The van der Waals surface area contributed by atoms with Gasteiger partial charge in [-0.25, -0.2) is 8.42 Å². The summed E-state index contributed by atoms with van der Waals surface area (Å²) in [4.78, 5) is 24.0. The van der Waals surface area contributed by atoms with Gasteiger partial charge in [-0.1, -0.05) is 13.8 Å². The Morgan fingerprint density at radius 1 is 1.35 bits per heavy atom. The van der Waals surface area contributed by atoms with E-state index in [1.807, 2.05) is 13.8 Å². The van der Waals surface area contributed by atoms with Crippen LogP contribution in [0.15, 0.2) is 0 Å². The number of carboxylic acid groups (broad SMARTS) is 1. The Hall–Kier alpha value is -0.820. The molecule has 1 fully saturated rings. The maximum atomic E-state index is 11.8. The summed E-state index contributed by atoms with van der Waals surface area (Å²) in [6.45, 7) is 4.23.